The number of carbonyl (C=O) groups excluding carboxylic acids is 1. The van der Waals surface area contributed by atoms with Crippen LogP contribution in [0.3, 0.4) is 0 Å². The molecule has 19 heavy (non-hydrogen) atoms. The Morgan fingerprint density at radius 1 is 1.47 bits per heavy atom. The smallest absolute Gasteiger partial charge is 0.223 e. The van der Waals surface area contributed by atoms with Gasteiger partial charge in [0, 0.05) is 24.0 Å². The third-order valence-electron chi connectivity index (χ3n) is 3.66. The van der Waals surface area contributed by atoms with Crippen LogP contribution in [0.2, 0.25) is 0 Å². The summed E-state index contributed by atoms with van der Waals surface area (Å²) in [4.78, 5) is 18.0. The summed E-state index contributed by atoms with van der Waals surface area (Å²) in [6.45, 7) is 7.57. The molecule has 0 aliphatic carbocycles. The summed E-state index contributed by atoms with van der Waals surface area (Å²) in [6.07, 6.45) is 2.54. The van der Waals surface area contributed by atoms with Crippen LogP contribution < -0.4 is 5.32 Å². The molecule has 1 N–H and O–H groups in total. The minimum Gasteiger partial charge on any atom is -0.381 e. The van der Waals surface area contributed by atoms with Gasteiger partial charge in [0.15, 0.2) is 0 Å². The monoisotopic (exact) mass is 282 g/mol. The Hall–Kier alpha value is -0.940. The van der Waals surface area contributed by atoms with Crippen LogP contribution in [0.1, 0.15) is 47.8 Å². The number of ether oxygens (including phenoxy) is 1. The third kappa shape index (κ3) is 3.54. The van der Waals surface area contributed by atoms with E-state index in [1.165, 1.54) is 4.88 Å². The van der Waals surface area contributed by atoms with Crippen molar-refractivity contribution in [2.45, 2.75) is 46.1 Å². The van der Waals surface area contributed by atoms with Crippen LogP contribution in [0, 0.1) is 19.8 Å². The molecule has 1 fully saturated rings. The molecule has 1 aromatic rings. The van der Waals surface area contributed by atoms with Crippen molar-refractivity contribution in [3.8, 4) is 0 Å². The molecule has 106 valence electrons. The van der Waals surface area contributed by atoms with E-state index in [1.54, 1.807) is 11.3 Å². The molecule has 4 nitrogen and oxygen atoms in total. The van der Waals surface area contributed by atoms with Gasteiger partial charge >= 0.3 is 0 Å². The van der Waals surface area contributed by atoms with Gasteiger partial charge in [0.25, 0.3) is 0 Å². The van der Waals surface area contributed by atoms with Crippen molar-refractivity contribution in [3.63, 3.8) is 0 Å². The Balaban J connectivity index is 2.00. The van der Waals surface area contributed by atoms with E-state index >= 15 is 0 Å². The number of aromatic nitrogens is 1. The number of nitrogens with one attached hydrogen (secondary N) is 1. The second-order valence-corrected chi connectivity index (χ2v) is 6.28. The lowest BCUT2D eigenvalue weighted by atomic mass is 9.99. The van der Waals surface area contributed by atoms with Crippen molar-refractivity contribution in [2.75, 3.05) is 13.2 Å². The zero-order chi connectivity index (χ0) is 13.8. The third-order valence-corrected chi connectivity index (χ3v) is 4.85. The zero-order valence-electron chi connectivity index (χ0n) is 11.9. The topological polar surface area (TPSA) is 51.2 Å². The Morgan fingerprint density at radius 2 is 2.16 bits per heavy atom. The Bertz CT molecular complexity index is 419. The Kier molecular flexibility index (Phi) is 4.93. The number of nitrogens with zero attached hydrogens (tertiary/aromatic N) is 1. The van der Waals surface area contributed by atoms with Gasteiger partial charge in [-0.2, -0.15) is 0 Å². The number of hydrogen-bond donors (Lipinski definition) is 1. The highest BCUT2D eigenvalue weighted by atomic mass is 32.1. The standard InChI is InChI=1S/C14H22N2O2S/c1-4-12(14-15-9(2)10(3)19-14)16-13(17)11-5-7-18-8-6-11/h11-12H,4-8H2,1-3H3,(H,16,17)/t12-/m1/s1. The molecule has 1 saturated heterocycles. The maximum atomic E-state index is 12.2. The van der Waals surface area contributed by atoms with Crippen molar-refractivity contribution in [1.29, 1.82) is 0 Å². The predicted octanol–water partition coefficient (Wildman–Crippen LogP) is 2.75. The van der Waals surface area contributed by atoms with Crippen LogP contribution >= 0.6 is 11.3 Å². The SMILES string of the molecule is CC[C@@H](NC(=O)C1CCOCC1)c1nc(C)c(C)s1. The maximum Gasteiger partial charge on any atom is 0.223 e. The van der Waals surface area contributed by atoms with Crippen molar-refractivity contribution in [3.05, 3.63) is 15.6 Å². The molecule has 0 radical (unpaired) electrons. The normalized spacial score (nSPS) is 18.3. The average molecular weight is 282 g/mol. The van der Waals surface area contributed by atoms with Gasteiger partial charge in [-0.15, -0.1) is 11.3 Å². The highest BCUT2D eigenvalue weighted by Crippen LogP contribution is 2.26. The molecule has 1 aliphatic rings. The average Bonchev–Trinajstić information content (AvgIpc) is 2.76. The van der Waals surface area contributed by atoms with Crippen LogP contribution in [0.5, 0.6) is 0 Å². The molecule has 0 aromatic carbocycles. The molecule has 1 aromatic heterocycles. The lowest BCUT2D eigenvalue weighted by molar-refractivity contribution is -0.128. The molecule has 0 spiro atoms. The van der Waals surface area contributed by atoms with Gasteiger partial charge in [0.05, 0.1) is 11.7 Å². The molecule has 2 rings (SSSR count). The van der Waals surface area contributed by atoms with E-state index in [4.69, 9.17) is 4.74 Å². The van der Waals surface area contributed by atoms with Crippen molar-refractivity contribution in [2.24, 2.45) is 5.92 Å². The highest BCUT2D eigenvalue weighted by Gasteiger charge is 2.25. The quantitative estimate of drug-likeness (QED) is 0.924. The van der Waals surface area contributed by atoms with Crippen LogP contribution in [-0.4, -0.2) is 24.1 Å². The minimum absolute atomic E-state index is 0.0488. The van der Waals surface area contributed by atoms with Gasteiger partial charge in [-0.25, -0.2) is 4.98 Å². The lowest BCUT2D eigenvalue weighted by Crippen LogP contribution is -2.36. The number of amides is 1. The number of aryl methyl sites for hydroxylation is 2. The summed E-state index contributed by atoms with van der Waals surface area (Å²) in [5.41, 5.74) is 1.07. The maximum absolute atomic E-state index is 12.2. The lowest BCUT2D eigenvalue weighted by Gasteiger charge is -2.23. The zero-order valence-corrected chi connectivity index (χ0v) is 12.7. The number of rotatable bonds is 4. The summed E-state index contributed by atoms with van der Waals surface area (Å²) in [5, 5.41) is 4.17. The molecule has 0 unspecified atom stereocenters. The van der Waals surface area contributed by atoms with E-state index in [9.17, 15) is 4.79 Å². The van der Waals surface area contributed by atoms with E-state index in [-0.39, 0.29) is 17.9 Å². The van der Waals surface area contributed by atoms with E-state index < -0.39 is 0 Å². The first-order valence-corrected chi connectivity index (χ1v) is 7.75. The van der Waals surface area contributed by atoms with E-state index in [0.717, 1.165) is 30.0 Å². The molecule has 2 heterocycles. The molecule has 0 bridgehead atoms. The molecule has 1 amide bonds. The molecule has 0 saturated carbocycles. The Labute approximate surface area is 118 Å². The predicted molar refractivity (Wildman–Crippen MR) is 76.3 cm³/mol. The number of hydrogen-bond acceptors (Lipinski definition) is 4. The van der Waals surface area contributed by atoms with Gasteiger partial charge < -0.3 is 10.1 Å². The number of carbonyl (C=O) groups is 1. The summed E-state index contributed by atoms with van der Waals surface area (Å²) in [7, 11) is 0. The molecule has 1 atom stereocenters. The first-order chi connectivity index (χ1) is 9.11. The van der Waals surface area contributed by atoms with Gasteiger partial charge in [-0.1, -0.05) is 6.92 Å². The minimum atomic E-state index is 0.0488. The van der Waals surface area contributed by atoms with Crippen LogP contribution in [0.4, 0.5) is 0 Å². The second-order valence-electron chi connectivity index (χ2n) is 5.05. The van der Waals surface area contributed by atoms with Crippen LogP contribution in [0.25, 0.3) is 0 Å². The van der Waals surface area contributed by atoms with Gasteiger partial charge in [0.2, 0.25) is 5.91 Å². The first-order valence-electron chi connectivity index (χ1n) is 6.93. The molecular formula is C14H22N2O2S. The highest BCUT2D eigenvalue weighted by molar-refractivity contribution is 7.11. The van der Waals surface area contributed by atoms with Gasteiger partial charge in [-0.05, 0) is 33.1 Å². The fourth-order valence-corrected chi connectivity index (χ4v) is 3.29. The van der Waals surface area contributed by atoms with Crippen molar-refractivity contribution in [1.82, 2.24) is 10.3 Å². The first kappa shape index (κ1) is 14.5. The second kappa shape index (κ2) is 6.48. The molecular weight excluding hydrogens is 260 g/mol. The van der Waals surface area contributed by atoms with E-state index in [0.29, 0.717) is 13.2 Å². The Morgan fingerprint density at radius 3 is 2.68 bits per heavy atom. The summed E-state index contributed by atoms with van der Waals surface area (Å²) >= 11 is 1.69. The fraction of sp³-hybridized carbons (Fsp3) is 0.714. The van der Waals surface area contributed by atoms with Crippen LogP contribution in [0.15, 0.2) is 0 Å². The van der Waals surface area contributed by atoms with Crippen molar-refractivity contribution >= 4 is 17.2 Å². The molecule has 1 aliphatic heterocycles. The summed E-state index contributed by atoms with van der Waals surface area (Å²) in [5.74, 6) is 0.255. The van der Waals surface area contributed by atoms with E-state index in [1.807, 2.05) is 6.92 Å². The largest absolute Gasteiger partial charge is 0.381 e. The van der Waals surface area contributed by atoms with Crippen molar-refractivity contribution < 1.29 is 9.53 Å². The number of thiazole rings is 1. The van der Waals surface area contributed by atoms with Gasteiger partial charge in [0.1, 0.15) is 5.01 Å². The molecule has 5 heteroatoms. The summed E-state index contributed by atoms with van der Waals surface area (Å²) < 4.78 is 5.29. The van der Waals surface area contributed by atoms with Crippen LogP contribution in [-0.2, 0) is 9.53 Å². The summed E-state index contributed by atoms with van der Waals surface area (Å²) in [6, 6.07) is 0.0488. The van der Waals surface area contributed by atoms with Gasteiger partial charge in [-0.3, -0.25) is 4.79 Å². The fourth-order valence-electron chi connectivity index (χ4n) is 2.23. The van der Waals surface area contributed by atoms with E-state index in [2.05, 4.69) is 24.1 Å².